The third-order valence-corrected chi connectivity index (χ3v) is 5.04. The van der Waals surface area contributed by atoms with Gasteiger partial charge in [-0.3, -0.25) is 0 Å². The van der Waals surface area contributed by atoms with E-state index in [4.69, 9.17) is 16.3 Å². The van der Waals surface area contributed by atoms with Gasteiger partial charge >= 0.3 is 5.97 Å². The zero-order valence-corrected chi connectivity index (χ0v) is 15.5. The highest BCUT2D eigenvalue weighted by Crippen LogP contribution is 2.34. The second-order valence-electron chi connectivity index (χ2n) is 5.35. The number of esters is 1. The summed E-state index contributed by atoms with van der Waals surface area (Å²) >= 11 is 7.35. The molecule has 2 rings (SSSR count). The maximum atomic E-state index is 12.3. The second kappa shape index (κ2) is 8.40. The minimum atomic E-state index is -1.74. The Morgan fingerprint density at radius 3 is 2.68 bits per heavy atom. The summed E-state index contributed by atoms with van der Waals surface area (Å²) in [6.45, 7) is 2.90. The van der Waals surface area contributed by atoms with Crippen molar-refractivity contribution >= 4 is 39.7 Å². The van der Waals surface area contributed by atoms with Gasteiger partial charge in [0.25, 0.3) is 6.08 Å². The molecule has 1 heterocycles. The number of halogens is 3. The van der Waals surface area contributed by atoms with Crippen LogP contribution in [0, 0.1) is 6.92 Å². The van der Waals surface area contributed by atoms with E-state index in [1.165, 1.54) is 18.3 Å². The molecule has 0 unspecified atom stereocenters. The first-order chi connectivity index (χ1) is 11.8. The number of rotatable bonds is 6. The molecule has 1 aromatic heterocycles. The fourth-order valence-electron chi connectivity index (χ4n) is 2.00. The lowest BCUT2D eigenvalue weighted by Gasteiger charge is -2.16. The molecule has 0 spiro atoms. The Labute approximate surface area is 153 Å². The molecule has 4 nitrogen and oxygen atoms in total. The molecule has 0 saturated carbocycles. The van der Waals surface area contributed by atoms with Gasteiger partial charge in [-0.2, -0.15) is 8.78 Å². The standard InChI is InChI=1S/C17H17ClF2N2O2S/c1-10(15(19)20)8-9-24-16(23)14-11(2)21-17(25-14)22(3)13-7-5-4-6-12(13)18/h4-7H,8-9H2,1-3H3. The molecule has 0 saturated heterocycles. The van der Waals surface area contributed by atoms with Crippen molar-refractivity contribution in [2.75, 3.05) is 18.6 Å². The van der Waals surface area contributed by atoms with Crippen LogP contribution >= 0.6 is 22.9 Å². The zero-order chi connectivity index (χ0) is 18.6. The van der Waals surface area contributed by atoms with Crippen molar-refractivity contribution in [1.82, 2.24) is 4.98 Å². The molecule has 0 aliphatic heterocycles. The monoisotopic (exact) mass is 386 g/mol. The van der Waals surface area contributed by atoms with Crippen LogP contribution in [0.2, 0.25) is 5.02 Å². The normalized spacial score (nSPS) is 10.5. The minimum absolute atomic E-state index is 0.00168. The van der Waals surface area contributed by atoms with Crippen LogP contribution in [0.15, 0.2) is 35.9 Å². The number of carbonyl (C=O) groups excluding carboxylic acids is 1. The zero-order valence-electron chi connectivity index (χ0n) is 14.0. The lowest BCUT2D eigenvalue weighted by molar-refractivity contribution is 0.0512. The molecule has 0 atom stereocenters. The molecular formula is C17H17ClF2N2O2S. The lowest BCUT2D eigenvalue weighted by Crippen LogP contribution is -2.09. The summed E-state index contributed by atoms with van der Waals surface area (Å²) < 4.78 is 29.8. The minimum Gasteiger partial charge on any atom is -0.461 e. The van der Waals surface area contributed by atoms with Gasteiger partial charge in [0.2, 0.25) is 0 Å². The highest BCUT2D eigenvalue weighted by atomic mass is 35.5. The van der Waals surface area contributed by atoms with Gasteiger partial charge in [0.1, 0.15) is 4.88 Å². The smallest absolute Gasteiger partial charge is 0.350 e. The van der Waals surface area contributed by atoms with Crippen molar-refractivity contribution in [3.8, 4) is 0 Å². The summed E-state index contributed by atoms with van der Waals surface area (Å²) in [5.74, 6) is -0.569. The largest absolute Gasteiger partial charge is 0.461 e. The van der Waals surface area contributed by atoms with Crippen molar-refractivity contribution in [2.24, 2.45) is 0 Å². The van der Waals surface area contributed by atoms with E-state index in [1.807, 2.05) is 18.2 Å². The molecular weight excluding hydrogens is 370 g/mol. The fraction of sp³-hybridized carbons (Fsp3) is 0.294. The van der Waals surface area contributed by atoms with Gasteiger partial charge in [0, 0.05) is 13.5 Å². The van der Waals surface area contributed by atoms with Crippen LogP contribution in [0.5, 0.6) is 0 Å². The summed E-state index contributed by atoms with van der Waals surface area (Å²) in [5, 5.41) is 1.15. The molecule has 134 valence electrons. The molecule has 0 bridgehead atoms. The average Bonchev–Trinajstić information content (AvgIpc) is 2.96. The number of aromatic nitrogens is 1. The topological polar surface area (TPSA) is 42.4 Å². The van der Waals surface area contributed by atoms with Gasteiger partial charge in [0.15, 0.2) is 5.13 Å². The number of aryl methyl sites for hydroxylation is 1. The van der Waals surface area contributed by atoms with Gasteiger partial charge in [-0.15, -0.1) is 0 Å². The Morgan fingerprint density at radius 2 is 2.04 bits per heavy atom. The van der Waals surface area contributed by atoms with Crippen molar-refractivity contribution in [2.45, 2.75) is 20.3 Å². The number of thiazole rings is 1. The molecule has 0 aliphatic carbocycles. The van der Waals surface area contributed by atoms with Crippen molar-refractivity contribution in [1.29, 1.82) is 0 Å². The lowest BCUT2D eigenvalue weighted by atomic mass is 10.2. The Balaban J connectivity index is 2.10. The molecule has 0 fully saturated rings. The van der Waals surface area contributed by atoms with Crippen molar-refractivity contribution < 1.29 is 18.3 Å². The van der Waals surface area contributed by atoms with E-state index in [0.29, 0.717) is 20.7 Å². The number of nitrogens with zero attached hydrogens (tertiary/aromatic N) is 2. The van der Waals surface area contributed by atoms with Crippen LogP contribution in [0.4, 0.5) is 19.6 Å². The first kappa shape index (κ1) is 19.3. The molecule has 25 heavy (non-hydrogen) atoms. The third-order valence-electron chi connectivity index (χ3n) is 3.50. The predicted molar refractivity (Wildman–Crippen MR) is 96.2 cm³/mol. The second-order valence-corrected chi connectivity index (χ2v) is 6.73. The van der Waals surface area contributed by atoms with Gasteiger partial charge < -0.3 is 9.64 Å². The van der Waals surface area contributed by atoms with Crippen LogP contribution in [-0.4, -0.2) is 24.6 Å². The van der Waals surface area contributed by atoms with Gasteiger partial charge in [0.05, 0.1) is 23.0 Å². The van der Waals surface area contributed by atoms with E-state index in [2.05, 4.69) is 4.98 Å². The molecule has 0 N–H and O–H groups in total. The number of para-hydroxylation sites is 1. The maximum absolute atomic E-state index is 12.3. The quantitative estimate of drug-likeness (QED) is 0.607. The number of hydrogen-bond acceptors (Lipinski definition) is 5. The molecule has 1 aromatic carbocycles. The SMILES string of the molecule is CC(CCOC(=O)c1sc(N(C)c2ccccc2Cl)nc1C)=C(F)F. The number of benzene rings is 1. The summed E-state index contributed by atoms with van der Waals surface area (Å²) in [6, 6.07) is 7.29. The first-order valence-corrected chi connectivity index (χ1v) is 8.64. The van der Waals surface area contributed by atoms with E-state index in [0.717, 1.165) is 5.69 Å². The van der Waals surface area contributed by atoms with E-state index in [9.17, 15) is 13.6 Å². The van der Waals surface area contributed by atoms with Crippen LogP contribution in [0.3, 0.4) is 0 Å². The van der Waals surface area contributed by atoms with Crippen LogP contribution in [0.1, 0.15) is 28.7 Å². The fourth-order valence-corrected chi connectivity index (χ4v) is 3.20. The van der Waals surface area contributed by atoms with Crippen LogP contribution < -0.4 is 4.90 Å². The van der Waals surface area contributed by atoms with E-state index < -0.39 is 12.0 Å². The van der Waals surface area contributed by atoms with Gasteiger partial charge in [-0.1, -0.05) is 35.1 Å². The number of carbonyl (C=O) groups is 1. The highest BCUT2D eigenvalue weighted by molar-refractivity contribution is 7.17. The number of anilines is 2. The molecule has 0 radical (unpaired) electrons. The third kappa shape index (κ3) is 4.76. The Kier molecular flexibility index (Phi) is 6.50. The van der Waals surface area contributed by atoms with Gasteiger partial charge in [-0.05, 0) is 31.6 Å². The van der Waals surface area contributed by atoms with E-state index >= 15 is 0 Å². The molecule has 2 aromatic rings. The van der Waals surface area contributed by atoms with E-state index in [1.54, 1.807) is 24.9 Å². The summed E-state index contributed by atoms with van der Waals surface area (Å²) in [6.07, 6.45) is -1.74. The van der Waals surface area contributed by atoms with Crippen molar-refractivity contribution in [3.05, 3.63) is 51.5 Å². The molecule has 0 aliphatic rings. The van der Waals surface area contributed by atoms with E-state index in [-0.39, 0.29) is 18.6 Å². The molecule has 8 heteroatoms. The summed E-state index contributed by atoms with van der Waals surface area (Å²) in [4.78, 5) is 18.7. The summed E-state index contributed by atoms with van der Waals surface area (Å²) in [7, 11) is 1.80. The number of hydrogen-bond donors (Lipinski definition) is 0. The predicted octanol–water partition coefficient (Wildman–Crippen LogP) is 5.59. The Morgan fingerprint density at radius 1 is 1.36 bits per heavy atom. The van der Waals surface area contributed by atoms with Crippen LogP contribution in [-0.2, 0) is 4.74 Å². The average molecular weight is 387 g/mol. The Bertz CT molecular complexity index is 804. The number of ether oxygens (including phenoxy) is 1. The van der Waals surface area contributed by atoms with Gasteiger partial charge in [-0.25, -0.2) is 9.78 Å². The Hall–Kier alpha value is -1.99. The van der Waals surface area contributed by atoms with Crippen molar-refractivity contribution in [3.63, 3.8) is 0 Å². The highest BCUT2D eigenvalue weighted by Gasteiger charge is 2.20. The first-order valence-electron chi connectivity index (χ1n) is 7.44. The summed E-state index contributed by atoms with van der Waals surface area (Å²) in [5.41, 5.74) is 1.19. The molecule has 0 amide bonds. The van der Waals surface area contributed by atoms with Crippen LogP contribution in [0.25, 0.3) is 0 Å². The maximum Gasteiger partial charge on any atom is 0.350 e.